The van der Waals surface area contributed by atoms with Crippen LogP contribution in [0.3, 0.4) is 0 Å². The van der Waals surface area contributed by atoms with Gasteiger partial charge >= 0.3 is 5.97 Å². The summed E-state index contributed by atoms with van der Waals surface area (Å²) in [4.78, 5) is 30.0. The summed E-state index contributed by atoms with van der Waals surface area (Å²) < 4.78 is 6.72. The van der Waals surface area contributed by atoms with E-state index in [2.05, 4.69) is 10.2 Å². The SMILES string of the molecule is CC[C@@]1(O)C(=O)OCc2c1cc1n(c2=O)Cc2c-1nc1ccccc1c2[Si]. The van der Waals surface area contributed by atoms with Crippen LogP contribution in [-0.2, 0) is 28.3 Å². The molecule has 0 bridgehead atoms. The molecule has 27 heavy (non-hydrogen) atoms. The van der Waals surface area contributed by atoms with Gasteiger partial charge in [-0.05, 0) is 29.5 Å². The van der Waals surface area contributed by atoms with E-state index < -0.39 is 11.6 Å². The highest BCUT2D eigenvalue weighted by molar-refractivity contribution is 6.40. The average molecular weight is 375 g/mol. The van der Waals surface area contributed by atoms with Crippen molar-refractivity contribution in [2.75, 3.05) is 0 Å². The van der Waals surface area contributed by atoms with Gasteiger partial charge in [0.2, 0.25) is 0 Å². The summed E-state index contributed by atoms with van der Waals surface area (Å²) in [6.45, 7) is 1.95. The predicted octanol–water partition coefficient (Wildman–Crippen LogP) is 0.873. The number of pyridine rings is 2. The molecular formula is C20H15N2O4Si. The van der Waals surface area contributed by atoms with Gasteiger partial charge in [0, 0.05) is 5.56 Å². The topological polar surface area (TPSA) is 81.4 Å². The Morgan fingerprint density at radius 1 is 1.30 bits per heavy atom. The van der Waals surface area contributed by atoms with E-state index in [1.807, 2.05) is 24.3 Å². The molecule has 133 valence electrons. The lowest BCUT2D eigenvalue weighted by Gasteiger charge is -2.31. The minimum Gasteiger partial charge on any atom is -0.458 e. The van der Waals surface area contributed by atoms with Crippen LogP contribution in [0.15, 0.2) is 35.1 Å². The van der Waals surface area contributed by atoms with Crippen LogP contribution in [0.1, 0.15) is 30.0 Å². The number of carbonyl (C=O) groups is 1. The van der Waals surface area contributed by atoms with Gasteiger partial charge in [0.25, 0.3) is 5.56 Å². The molecule has 0 saturated carbocycles. The number of nitrogens with zero attached hydrogens (tertiary/aromatic N) is 2. The number of benzene rings is 1. The number of esters is 1. The van der Waals surface area contributed by atoms with Gasteiger partial charge in [0.1, 0.15) is 6.61 Å². The molecule has 1 N–H and O–H groups in total. The molecule has 0 amide bonds. The summed E-state index contributed by atoms with van der Waals surface area (Å²) in [5.41, 5.74) is 1.62. The van der Waals surface area contributed by atoms with E-state index in [-0.39, 0.29) is 18.6 Å². The van der Waals surface area contributed by atoms with Crippen molar-refractivity contribution in [3.8, 4) is 11.4 Å². The van der Waals surface area contributed by atoms with Crippen molar-refractivity contribution in [1.29, 1.82) is 0 Å². The Morgan fingerprint density at radius 2 is 2.07 bits per heavy atom. The van der Waals surface area contributed by atoms with Gasteiger partial charge in [0.15, 0.2) is 5.60 Å². The molecule has 6 nitrogen and oxygen atoms in total. The first-order valence-electron chi connectivity index (χ1n) is 8.76. The van der Waals surface area contributed by atoms with E-state index in [0.717, 1.165) is 21.7 Å². The number of aliphatic hydroxyl groups is 1. The van der Waals surface area contributed by atoms with Crippen LogP contribution in [0.5, 0.6) is 0 Å². The van der Waals surface area contributed by atoms with Gasteiger partial charge in [-0.1, -0.05) is 30.3 Å². The van der Waals surface area contributed by atoms with Gasteiger partial charge < -0.3 is 14.4 Å². The summed E-state index contributed by atoms with van der Waals surface area (Å²) in [7, 11) is 3.72. The molecular weight excluding hydrogens is 360 g/mol. The van der Waals surface area contributed by atoms with E-state index in [9.17, 15) is 14.7 Å². The van der Waals surface area contributed by atoms with E-state index >= 15 is 0 Å². The Labute approximate surface area is 157 Å². The maximum Gasteiger partial charge on any atom is 0.343 e. The van der Waals surface area contributed by atoms with Gasteiger partial charge in [-0.3, -0.25) is 4.79 Å². The number of cyclic esters (lactones) is 1. The first-order chi connectivity index (χ1) is 13.0. The molecule has 1 aromatic carbocycles. The fourth-order valence-electron chi connectivity index (χ4n) is 4.03. The first kappa shape index (κ1) is 16.4. The summed E-state index contributed by atoms with van der Waals surface area (Å²) in [5.74, 6) is -0.715. The largest absolute Gasteiger partial charge is 0.458 e. The van der Waals surface area contributed by atoms with E-state index in [1.54, 1.807) is 17.6 Å². The Kier molecular flexibility index (Phi) is 3.26. The second-order valence-corrected chi connectivity index (χ2v) is 7.43. The average Bonchev–Trinajstić information content (AvgIpc) is 3.05. The van der Waals surface area contributed by atoms with E-state index in [4.69, 9.17) is 9.72 Å². The lowest BCUT2D eigenvalue weighted by Crippen LogP contribution is -2.44. The lowest BCUT2D eigenvalue weighted by atomic mass is 9.86. The number of aromatic nitrogens is 2. The minimum absolute atomic E-state index is 0.123. The second kappa shape index (κ2) is 5.37. The number of hydrogen-bond acceptors (Lipinski definition) is 5. The molecule has 0 unspecified atom stereocenters. The summed E-state index contributed by atoms with van der Waals surface area (Å²) in [6, 6.07) is 9.47. The molecule has 0 saturated heterocycles. The van der Waals surface area contributed by atoms with Crippen molar-refractivity contribution in [1.82, 2.24) is 9.55 Å². The zero-order valence-corrected chi connectivity index (χ0v) is 15.6. The predicted molar refractivity (Wildman–Crippen MR) is 99.9 cm³/mol. The molecule has 5 rings (SSSR count). The van der Waals surface area contributed by atoms with Crippen molar-refractivity contribution in [2.45, 2.75) is 32.1 Å². The summed E-state index contributed by atoms with van der Waals surface area (Å²) in [5, 5.41) is 12.8. The maximum atomic E-state index is 13.1. The maximum absolute atomic E-state index is 13.1. The Bertz CT molecular complexity index is 1220. The molecule has 3 radical (unpaired) electrons. The minimum atomic E-state index is -1.81. The van der Waals surface area contributed by atoms with Gasteiger partial charge in [-0.15, -0.1) is 0 Å². The molecule has 4 heterocycles. The smallest absolute Gasteiger partial charge is 0.343 e. The van der Waals surface area contributed by atoms with Crippen molar-refractivity contribution in [3.63, 3.8) is 0 Å². The van der Waals surface area contributed by atoms with Crippen LogP contribution >= 0.6 is 0 Å². The fourth-order valence-corrected chi connectivity index (χ4v) is 4.44. The molecule has 7 heteroatoms. The zero-order valence-electron chi connectivity index (χ0n) is 14.6. The Hall–Kier alpha value is -2.77. The molecule has 2 aliphatic rings. The lowest BCUT2D eigenvalue weighted by molar-refractivity contribution is -0.172. The number of ether oxygens (including phenoxy) is 1. The van der Waals surface area contributed by atoms with Crippen LogP contribution < -0.4 is 10.7 Å². The number of carbonyl (C=O) groups excluding carboxylic acids is 1. The third-order valence-corrected chi connectivity index (χ3v) is 6.17. The fraction of sp³-hybridized carbons (Fsp3) is 0.250. The van der Waals surface area contributed by atoms with Crippen molar-refractivity contribution in [2.24, 2.45) is 0 Å². The quantitative estimate of drug-likeness (QED) is 0.394. The summed E-state index contributed by atoms with van der Waals surface area (Å²) >= 11 is 0. The third kappa shape index (κ3) is 2.01. The molecule has 0 aliphatic carbocycles. The van der Waals surface area contributed by atoms with Gasteiger partial charge in [-0.2, -0.15) is 0 Å². The Balaban J connectivity index is 1.84. The van der Waals surface area contributed by atoms with Crippen molar-refractivity contribution >= 4 is 32.3 Å². The highest BCUT2D eigenvalue weighted by Gasteiger charge is 2.45. The highest BCUT2D eigenvalue weighted by atomic mass is 28.1. The molecule has 0 fully saturated rings. The summed E-state index contributed by atoms with van der Waals surface area (Å²) in [6.07, 6.45) is 0.128. The molecule has 3 aromatic rings. The van der Waals surface area contributed by atoms with Crippen LogP contribution in [0.2, 0.25) is 0 Å². The van der Waals surface area contributed by atoms with Crippen LogP contribution in [0.4, 0.5) is 0 Å². The molecule has 0 spiro atoms. The van der Waals surface area contributed by atoms with Crippen LogP contribution in [0.25, 0.3) is 22.3 Å². The zero-order chi connectivity index (χ0) is 18.9. The van der Waals surface area contributed by atoms with E-state index in [1.165, 1.54) is 0 Å². The molecule has 2 aromatic heterocycles. The first-order valence-corrected chi connectivity index (χ1v) is 9.26. The highest BCUT2D eigenvalue weighted by Crippen LogP contribution is 2.37. The monoisotopic (exact) mass is 375 g/mol. The van der Waals surface area contributed by atoms with Crippen LogP contribution in [-0.4, -0.2) is 30.9 Å². The third-order valence-electron chi connectivity index (χ3n) is 5.59. The molecule has 1 atom stereocenters. The normalized spacial score (nSPS) is 20.2. The van der Waals surface area contributed by atoms with Gasteiger partial charge in [-0.25, -0.2) is 9.78 Å². The number of hydrogen-bond donors (Lipinski definition) is 1. The Morgan fingerprint density at radius 3 is 2.85 bits per heavy atom. The van der Waals surface area contributed by atoms with E-state index in [0.29, 0.717) is 29.1 Å². The number of para-hydroxylation sites is 1. The number of rotatable bonds is 1. The second-order valence-electron chi connectivity index (χ2n) is 6.93. The standard InChI is InChI=1S/C20H15N2O4Si/c1-2-20(25)13-7-15-16-11(17(27)10-5-3-4-6-14(10)21-16)8-22(15)18(23)12(13)9-26-19(20)24/h3-7,25H,2,8-9H2,1H3/t20-/m0/s1. The van der Waals surface area contributed by atoms with Crippen molar-refractivity contribution in [3.05, 3.63) is 57.4 Å². The van der Waals surface area contributed by atoms with Crippen molar-refractivity contribution < 1.29 is 14.6 Å². The number of fused-ring (bicyclic) bond motifs is 5. The molecule has 2 aliphatic heterocycles. The van der Waals surface area contributed by atoms with Crippen LogP contribution in [0, 0.1) is 0 Å². The van der Waals surface area contributed by atoms with Gasteiger partial charge in [0.05, 0.1) is 39.3 Å².